The number of thiocarbonyl (C=S) groups is 1. The summed E-state index contributed by atoms with van der Waals surface area (Å²) in [5, 5.41) is 1.14. The topological polar surface area (TPSA) is 29.5 Å². The van der Waals surface area contributed by atoms with Crippen molar-refractivity contribution < 1.29 is 9.53 Å². The van der Waals surface area contributed by atoms with Crippen molar-refractivity contribution in [2.75, 3.05) is 4.90 Å². The van der Waals surface area contributed by atoms with Crippen LogP contribution in [0, 0.1) is 0 Å². The van der Waals surface area contributed by atoms with Gasteiger partial charge in [0.05, 0.1) is 10.6 Å². The van der Waals surface area contributed by atoms with E-state index in [0.29, 0.717) is 31.6 Å². The average Bonchev–Trinajstić information content (AvgIpc) is 3.01. The molecule has 3 nitrogen and oxygen atoms in total. The van der Waals surface area contributed by atoms with Crippen LogP contribution < -0.4 is 9.64 Å². The second-order valence-electron chi connectivity index (χ2n) is 6.45. The van der Waals surface area contributed by atoms with Gasteiger partial charge in [0, 0.05) is 15.6 Å². The molecular weight excluding hydrogens is 457 g/mol. The molecule has 7 heteroatoms. The Morgan fingerprint density at radius 2 is 1.80 bits per heavy atom. The number of hydrogen-bond donors (Lipinski definition) is 0. The van der Waals surface area contributed by atoms with Gasteiger partial charge in [-0.1, -0.05) is 83.6 Å². The number of hydrogen-bond acceptors (Lipinski definition) is 4. The third-order valence-corrected chi connectivity index (χ3v) is 6.26. The Morgan fingerprint density at radius 1 is 1.00 bits per heavy atom. The fraction of sp³-hybridized carbons (Fsp3) is 0.0435. The zero-order valence-electron chi connectivity index (χ0n) is 15.5. The predicted molar refractivity (Wildman–Crippen MR) is 129 cm³/mol. The van der Waals surface area contributed by atoms with Crippen LogP contribution in [-0.2, 0) is 11.4 Å². The molecule has 1 fully saturated rings. The van der Waals surface area contributed by atoms with E-state index in [9.17, 15) is 4.79 Å². The number of para-hydroxylation sites is 1. The van der Waals surface area contributed by atoms with Gasteiger partial charge in [-0.15, -0.1) is 0 Å². The number of halogens is 2. The highest BCUT2D eigenvalue weighted by molar-refractivity contribution is 8.27. The van der Waals surface area contributed by atoms with Crippen molar-refractivity contribution in [1.29, 1.82) is 0 Å². The number of carbonyl (C=O) groups is 1. The fourth-order valence-electron chi connectivity index (χ4n) is 2.91. The molecule has 30 heavy (non-hydrogen) atoms. The van der Waals surface area contributed by atoms with Crippen LogP contribution in [0.2, 0.25) is 10.0 Å². The summed E-state index contributed by atoms with van der Waals surface area (Å²) in [6.45, 7) is 0.315. The molecule has 0 aliphatic carbocycles. The van der Waals surface area contributed by atoms with Crippen LogP contribution in [-0.4, -0.2) is 10.2 Å². The van der Waals surface area contributed by atoms with E-state index in [1.165, 1.54) is 11.8 Å². The summed E-state index contributed by atoms with van der Waals surface area (Å²) < 4.78 is 6.39. The molecule has 1 heterocycles. The molecule has 4 rings (SSSR count). The molecule has 3 aromatic carbocycles. The minimum atomic E-state index is -0.129. The van der Waals surface area contributed by atoms with Crippen molar-refractivity contribution in [1.82, 2.24) is 0 Å². The highest BCUT2D eigenvalue weighted by atomic mass is 35.5. The van der Waals surface area contributed by atoms with Crippen LogP contribution in [0.5, 0.6) is 5.75 Å². The Balaban J connectivity index is 1.50. The summed E-state index contributed by atoms with van der Waals surface area (Å²) in [6, 6.07) is 22.2. The molecular formula is C23H15Cl2NO2S2. The lowest BCUT2D eigenvalue weighted by atomic mass is 10.2. The van der Waals surface area contributed by atoms with Crippen LogP contribution in [0.3, 0.4) is 0 Å². The Hall–Kier alpha value is -2.31. The smallest absolute Gasteiger partial charge is 0.270 e. The largest absolute Gasteiger partial charge is 0.489 e. The quantitative estimate of drug-likeness (QED) is 0.296. The van der Waals surface area contributed by atoms with E-state index in [1.54, 1.807) is 17.0 Å². The van der Waals surface area contributed by atoms with Crippen molar-refractivity contribution in [2.45, 2.75) is 6.61 Å². The molecule has 3 aromatic rings. The van der Waals surface area contributed by atoms with Gasteiger partial charge in [0.15, 0.2) is 4.32 Å². The number of anilines is 1. The number of rotatable bonds is 5. The van der Waals surface area contributed by atoms with E-state index >= 15 is 0 Å². The first-order chi connectivity index (χ1) is 14.5. The third kappa shape index (κ3) is 4.71. The van der Waals surface area contributed by atoms with E-state index in [2.05, 4.69) is 0 Å². The van der Waals surface area contributed by atoms with E-state index in [4.69, 9.17) is 40.2 Å². The van der Waals surface area contributed by atoms with E-state index < -0.39 is 0 Å². The lowest BCUT2D eigenvalue weighted by Gasteiger charge is -2.13. The molecule has 0 N–H and O–H groups in total. The van der Waals surface area contributed by atoms with E-state index in [1.807, 2.05) is 66.7 Å². The van der Waals surface area contributed by atoms with E-state index in [0.717, 1.165) is 16.8 Å². The van der Waals surface area contributed by atoms with Crippen molar-refractivity contribution in [3.05, 3.63) is 98.9 Å². The minimum Gasteiger partial charge on any atom is -0.489 e. The summed E-state index contributed by atoms with van der Waals surface area (Å²) in [5.41, 5.74) is 2.46. The van der Waals surface area contributed by atoms with Gasteiger partial charge in [-0.2, -0.15) is 0 Å². The molecule has 0 spiro atoms. The lowest BCUT2D eigenvalue weighted by Crippen LogP contribution is -2.27. The monoisotopic (exact) mass is 471 g/mol. The average molecular weight is 472 g/mol. The zero-order valence-corrected chi connectivity index (χ0v) is 18.7. The van der Waals surface area contributed by atoms with Crippen molar-refractivity contribution in [2.24, 2.45) is 0 Å². The number of benzene rings is 3. The predicted octanol–water partition coefficient (Wildman–Crippen LogP) is 6.98. The number of carbonyl (C=O) groups excluding carboxylic acids is 1. The maximum Gasteiger partial charge on any atom is 0.270 e. The molecule has 1 saturated heterocycles. The summed E-state index contributed by atoms with van der Waals surface area (Å²) >= 11 is 18.8. The summed E-state index contributed by atoms with van der Waals surface area (Å²) in [4.78, 5) is 15.0. The number of ether oxygens (including phenoxy) is 1. The SMILES string of the molecule is O=C1/C(=C\c2cccc(OCc3ccc(Cl)cc3Cl)c2)SC(=S)N1c1ccccc1. The molecule has 0 radical (unpaired) electrons. The highest BCUT2D eigenvalue weighted by Crippen LogP contribution is 2.36. The Labute approximate surface area is 194 Å². The molecule has 1 aliphatic heterocycles. The van der Waals surface area contributed by atoms with Gasteiger partial charge in [-0.25, -0.2) is 0 Å². The second-order valence-corrected chi connectivity index (χ2v) is 8.97. The van der Waals surface area contributed by atoms with Gasteiger partial charge in [0.2, 0.25) is 0 Å². The van der Waals surface area contributed by atoms with Crippen LogP contribution in [0.15, 0.2) is 77.7 Å². The second kappa shape index (κ2) is 9.23. The van der Waals surface area contributed by atoms with Crippen molar-refractivity contribution in [3.8, 4) is 5.75 Å². The molecule has 0 atom stereocenters. The molecule has 150 valence electrons. The third-order valence-electron chi connectivity index (χ3n) is 4.37. The Bertz CT molecular complexity index is 1150. The van der Waals surface area contributed by atoms with Crippen LogP contribution in [0.1, 0.15) is 11.1 Å². The minimum absolute atomic E-state index is 0.129. The van der Waals surface area contributed by atoms with Gasteiger partial charge < -0.3 is 4.74 Å². The molecule has 0 unspecified atom stereocenters. The van der Waals surface area contributed by atoms with Crippen LogP contribution >= 0.6 is 47.2 Å². The van der Waals surface area contributed by atoms with Gasteiger partial charge in [0.1, 0.15) is 12.4 Å². The van der Waals surface area contributed by atoms with Gasteiger partial charge in [0.25, 0.3) is 5.91 Å². The van der Waals surface area contributed by atoms with Crippen molar-refractivity contribution in [3.63, 3.8) is 0 Å². The molecule has 0 bridgehead atoms. The Morgan fingerprint density at radius 3 is 2.57 bits per heavy atom. The van der Waals surface area contributed by atoms with Crippen LogP contribution in [0.4, 0.5) is 5.69 Å². The summed E-state index contributed by atoms with van der Waals surface area (Å²) in [7, 11) is 0. The first kappa shape index (κ1) is 20.9. The number of thioether (sulfide) groups is 1. The first-order valence-electron chi connectivity index (χ1n) is 9.01. The normalized spacial score (nSPS) is 15.1. The van der Waals surface area contributed by atoms with Gasteiger partial charge in [-0.05, 0) is 48.0 Å². The molecule has 0 aromatic heterocycles. The maximum absolute atomic E-state index is 12.9. The first-order valence-corrected chi connectivity index (χ1v) is 11.0. The molecule has 0 saturated carbocycles. The standard InChI is InChI=1S/C23H15Cl2NO2S2/c24-17-10-9-16(20(25)13-17)14-28-19-8-4-5-15(11-19)12-21-22(27)26(23(29)30-21)18-6-2-1-3-7-18/h1-13H,14H2/b21-12+. The fourth-order valence-corrected chi connectivity index (χ4v) is 4.67. The van der Waals surface area contributed by atoms with Crippen LogP contribution in [0.25, 0.3) is 6.08 Å². The van der Waals surface area contributed by atoms with Crippen molar-refractivity contribution >= 4 is 69.2 Å². The maximum atomic E-state index is 12.9. The van der Waals surface area contributed by atoms with Gasteiger partial charge >= 0.3 is 0 Å². The molecule has 1 aliphatic rings. The number of amides is 1. The Kier molecular flexibility index (Phi) is 6.44. The van der Waals surface area contributed by atoms with Gasteiger partial charge in [-0.3, -0.25) is 9.69 Å². The highest BCUT2D eigenvalue weighted by Gasteiger charge is 2.33. The van der Waals surface area contributed by atoms with E-state index in [-0.39, 0.29) is 5.91 Å². The summed E-state index contributed by atoms with van der Waals surface area (Å²) in [5.74, 6) is 0.545. The summed E-state index contributed by atoms with van der Waals surface area (Å²) in [6.07, 6.45) is 1.82. The zero-order chi connectivity index (χ0) is 21.1. The number of nitrogens with zero attached hydrogens (tertiary/aromatic N) is 1. The molecule has 1 amide bonds. The lowest BCUT2D eigenvalue weighted by molar-refractivity contribution is -0.113.